The maximum atomic E-state index is 4.46. The maximum absolute atomic E-state index is 4.46. The monoisotopic (exact) mass is 366 g/mol. The highest BCUT2D eigenvalue weighted by atomic mass is 15.3. The fourth-order valence-electron chi connectivity index (χ4n) is 4.49. The quantitative estimate of drug-likeness (QED) is 0.705. The number of imidazole rings is 1. The van der Waals surface area contributed by atoms with E-state index in [2.05, 4.69) is 40.7 Å². The second-order valence-electron chi connectivity index (χ2n) is 7.65. The first-order valence-corrected chi connectivity index (χ1v) is 10.0. The van der Waals surface area contributed by atoms with Crippen LogP contribution in [-0.4, -0.2) is 60.2 Å². The average Bonchev–Trinajstić information content (AvgIpc) is 3.38. The molecule has 2 aliphatic rings. The smallest absolute Gasteiger partial charge is 0.256 e. The van der Waals surface area contributed by atoms with E-state index in [4.69, 9.17) is 0 Å². The SMILES string of the molecule is c1cc(N2CCN(Cc3cncn3C3CCCCC3)CC2)n2cnnc2n1. The zero-order chi connectivity index (χ0) is 18.1. The summed E-state index contributed by atoms with van der Waals surface area (Å²) < 4.78 is 4.41. The minimum atomic E-state index is 0.649. The summed E-state index contributed by atoms with van der Waals surface area (Å²) in [6, 6.07) is 2.70. The van der Waals surface area contributed by atoms with Gasteiger partial charge in [-0.1, -0.05) is 19.3 Å². The molecule has 2 fully saturated rings. The Morgan fingerprint density at radius 3 is 2.70 bits per heavy atom. The highest BCUT2D eigenvalue weighted by Gasteiger charge is 2.22. The van der Waals surface area contributed by atoms with Gasteiger partial charge in [0.05, 0.1) is 12.0 Å². The molecule has 0 radical (unpaired) electrons. The van der Waals surface area contributed by atoms with Gasteiger partial charge < -0.3 is 9.47 Å². The van der Waals surface area contributed by atoms with Crippen LogP contribution >= 0.6 is 0 Å². The van der Waals surface area contributed by atoms with Gasteiger partial charge in [-0.3, -0.25) is 9.30 Å². The van der Waals surface area contributed by atoms with Crippen molar-refractivity contribution in [3.05, 3.63) is 36.8 Å². The molecule has 5 rings (SSSR count). The predicted molar refractivity (Wildman–Crippen MR) is 103 cm³/mol. The highest BCUT2D eigenvalue weighted by Crippen LogP contribution is 2.29. The average molecular weight is 366 g/mol. The van der Waals surface area contributed by atoms with Gasteiger partial charge in [0.1, 0.15) is 12.1 Å². The summed E-state index contributed by atoms with van der Waals surface area (Å²) in [5, 5.41) is 8.03. The zero-order valence-electron chi connectivity index (χ0n) is 15.6. The van der Waals surface area contributed by atoms with Crippen LogP contribution in [0.25, 0.3) is 5.78 Å². The maximum Gasteiger partial charge on any atom is 0.256 e. The molecule has 3 aromatic heterocycles. The molecule has 8 nitrogen and oxygen atoms in total. The van der Waals surface area contributed by atoms with E-state index in [1.807, 2.05) is 23.0 Å². The highest BCUT2D eigenvalue weighted by molar-refractivity contribution is 5.46. The molecular weight excluding hydrogens is 340 g/mol. The lowest BCUT2D eigenvalue weighted by molar-refractivity contribution is 0.237. The minimum absolute atomic E-state index is 0.649. The number of anilines is 1. The van der Waals surface area contributed by atoms with E-state index in [1.165, 1.54) is 37.8 Å². The number of fused-ring (bicyclic) bond motifs is 1. The van der Waals surface area contributed by atoms with Gasteiger partial charge in [-0.25, -0.2) is 9.97 Å². The molecule has 0 unspecified atom stereocenters. The molecule has 0 amide bonds. The molecule has 0 atom stereocenters. The summed E-state index contributed by atoms with van der Waals surface area (Å²) in [5.41, 5.74) is 1.36. The summed E-state index contributed by atoms with van der Waals surface area (Å²) >= 11 is 0. The lowest BCUT2D eigenvalue weighted by Gasteiger charge is -2.36. The van der Waals surface area contributed by atoms with Crippen LogP contribution in [0.15, 0.2) is 31.1 Å². The third kappa shape index (κ3) is 3.29. The van der Waals surface area contributed by atoms with Crippen LogP contribution in [-0.2, 0) is 6.54 Å². The molecule has 0 bridgehead atoms. The van der Waals surface area contributed by atoms with E-state index in [-0.39, 0.29) is 0 Å². The summed E-state index contributed by atoms with van der Waals surface area (Å²) in [7, 11) is 0. The Hall–Kier alpha value is -2.48. The van der Waals surface area contributed by atoms with E-state index in [0.29, 0.717) is 11.8 Å². The summed E-state index contributed by atoms with van der Waals surface area (Å²) in [6.45, 7) is 5.07. The molecular formula is C19H26N8. The summed E-state index contributed by atoms with van der Waals surface area (Å²) in [6.07, 6.45) is 14.3. The van der Waals surface area contributed by atoms with Crippen LogP contribution in [0.1, 0.15) is 43.8 Å². The van der Waals surface area contributed by atoms with Crippen molar-refractivity contribution in [2.45, 2.75) is 44.7 Å². The van der Waals surface area contributed by atoms with E-state index < -0.39 is 0 Å². The first-order chi connectivity index (χ1) is 13.4. The van der Waals surface area contributed by atoms with E-state index >= 15 is 0 Å². The van der Waals surface area contributed by atoms with Crippen molar-refractivity contribution in [3.8, 4) is 0 Å². The van der Waals surface area contributed by atoms with Gasteiger partial charge >= 0.3 is 0 Å². The molecule has 4 heterocycles. The molecule has 1 aliphatic carbocycles. The Bertz CT molecular complexity index is 886. The first kappa shape index (κ1) is 16.7. The van der Waals surface area contributed by atoms with E-state index in [0.717, 1.165) is 38.5 Å². The second-order valence-corrected chi connectivity index (χ2v) is 7.65. The van der Waals surface area contributed by atoms with Gasteiger partial charge in [-0.2, -0.15) is 0 Å². The van der Waals surface area contributed by atoms with Crippen molar-refractivity contribution in [1.82, 2.24) is 34.0 Å². The van der Waals surface area contributed by atoms with E-state index in [1.54, 1.807) is 6.33 Å². The Morgan fingerprint density at radius 1 is 1.00 bits per heavy atom. The number of rotatable bonds is 4. The number of nitrogens with zero attached hydrogens (tertiary/aromatic N) is 8. The Labute approximate surface area is 158 Å². The first-order valence-electron chi connectivity index (χ1n) is 10.0. The van der Waals surface area contributed by atoms with Crippen molar-refractivity contribution in [2.75, 3.05) is 31.1 Å². The molecule has 27 heavy (non-hydrogen) atoms. The lowest BCUT2D eigenvalue weighted by Crippen LogP contribution is -2.46. The van der Waals surface area contributed by atoms with Crippen molar-refractivity contribution in [3.63, 3.8) is 0 Å². The van der Waals surface area contributed by atoms with Crippen LogP contribution < -0.4 is 4.90 Å². The van der Waals surface area contributed by atoms with Crippen LogP contribution in [0, 0.1) is 0 Å². The molecule has 142 valence electrons. The van der Waals surface area contributed by atoms with Crippen molar-refractivity contribution in [2.24, 2.45) is 0 Å². The van der Waals surface area contributed by atoms with Gasteiger partial charge in [-0.15, -0.1) is 10.2 Å². The molecule has 1 aliphatic heterocycles. The van der Waals surface area contributed by atoms with Gasteiger partial charge in [0.25, 0.3) is 5.78 Å². The number of piperazine rings is 1. The van der Waals surface area contributed by atoms with Crippen molar-refractivity contribution >= 4 is 11.6 Å². The number of hydrogen-bond donors (Lipinski definition) is 0. The molecule has 8 heteroatoms. The van der Waals surface area contributed by atoms with Gasteiger partial charge in [0, 0.05) is 51.2 Å². The van der Waals surface area contributed by atoms with Crippen LogP contribution in [0.2, 0.25) is 0 Å². The molecule has 0 spiro atoms. The second kappa shape index (κ2) is 7.26. The van der Waals surface area contributed by atoms with Gasteiger partial charge in [0.2, 0.25) is 0 Å². The fraction of sp³-hybridized carbons (Fsp3) is 0.579. The Morgan fingerprint density at radius 2 is 1.85 bits per heavy atom. The third-order valence-corrected chi connectivity index (χ3v) is 5.99. The lowest BCUT2D eigenvalue weighted by atomic mass is 9.95. The zero-order valence-corrected chi connectivity index (χ0v) is 15.6. The summed E-state index contributed by atoms with van der Waals surface area (Å²) in [4.78, 5) is 13.6. The molecule has 3 aromatic rings. The Balaban J connectivity index is 1.24. The molecule has 1 saturated heterocycles. The fourth-order valence-corrected chi connectivity index (χ4v) is 4.49. The van der Waals surface area contributed by atoms with Crippen molar-refractivity contribution < 1.29 is 0 Å². The van der Waals surface area contributed by atoms with Crippen molar-refractivity contribution in [1.29, 1.82) is 0 Å². The molecule has 0 N–H and O–H groups in total. The normalized spacial score (nSPS) is 19.8. The number of aromatic nitrogens is 6. The van der Waals surface area contributed by atoms with Crippen LogP contribution in [0.3, 0.4) is 0 Å². The molecule has 0 aromatic carbocycles. The minimum Gasteiger partial charge on any atom is -0.355 e. The van der Waals surface area contributed by atoms with Gasteiger partial charge in [-0.05, 0) is 18.9 Å². The largest absolute Gasteiger partial charge is 0.355 e. The van der Waals surface area contributed by atoms with Crippen LogP contribution in [0.5, 0.6) is 0 Å². The number of hydrogen-bond acceptors (Lipinski definition) is 6. The van der Waals surface area contributed by atoms with Crippen LogP contribution in [0.4, 0.5) is 5.82 Å². The Kier molecular flexibility index (Phi) is 4.49. The summed E-state index contributed by atoms with van der Waals surface area (Å²) in [5.74, 6) is 1.78. The predicted octanol–water partition coefficient (Wildman–Crippen LogP) is 2.15. The molecule has 1 saturated carbocycles. The topological polar surface area (TPSA) is 67.4 Å². The standard InChI is InChI=1S/C19H26N8/c1-2-4-16(5-3-1)26-14-20-12-17(26)13-24-8-10-25(11-9-24)18-6-7-21-19-23-22-15-27(18)19/h6-7,12,14-16H,1-5,8-11,13H2. The third-order valence-electron chi connectivity index (χ3n) is 5.99. The van der Waals surface area contributed by atoms with Gasteiger partial charge in [0.15, 0.2) is 0 Å². The van der Waals surface area contributed by atoms with E-state index in [9.17, 15) is 0 Å².